The normalized spacial score (nSPS) is 18.2. The summed E-state index contributed by atoms with van der Waals surface area (Å²) in [7, 11) is 3.52. The first-order chi connectivity index (χ1) is 16.2. The van der Waals surface area contributed by atoms with E-state index in [0.29, 0.717) is 34.7 Å². The van der Waals surface area contributed by atoms with E-state index in [2.05, 4.69) is 41.7 Å². The van der Waals surface area contributed by atoms with Crippen LogP contribution in [0.3, 0.4) is 0 Å². The van der Waals surface area contributed by atoms with Crippen LogP contribution < -0.4 is 20.5 Å². The number of hydrogen-bond donors (Lipinski definition) is 1. The summed E-state index contributed by atoms with van der Waals surface area (Å²) >= 11 is 6.49. The zero-order valence-electron chi connectivity index (χ0n) is 20.3. The molecule has 0 spiro atoms. The number of pyridine rings is 1. The lowest BCUT2D eigenvalue weighted by molar-refractivity contribution is 0.339. The Morgan fingerprint density at radius 3 is 2.71 bits per heavy atom. The van der Waals surface area contributed by atoms with E-state index in [1.54, 1.807) is 30.9 Å². The number of benzene rings is 1. The molecule has 2 aromatic heterocycles. The average Bonchev–Trinajstić information content (AvgIpc) is 2.81. The van der Waals surface area contributed by atoms with Gasteiger partial charge in [0.05, 0.1) is 22.4 Å². The van der Waals surface area contributed by atoms with Crippen molar-refractivity contribution in [3.8, 4) is 5.75 Å². The van der Waals surface area contributed by atoms with Crippen LogP contribution in [0.25, 0.3) is 10.9 Å². The Kier molecular flexibility index (Phi) is 7.12. The molecule has 0 saturated carbocycles. The van der Waals surface area contributed by atoms with Crippen LogP contribution in [-0.2, 0) is 13.5 Å². The second-order valence-electron chi connectivity index (χ2n) is 9.40. The van der Waals surface area contributed by atoms with Crippen molar-refractivity contribution in [2.24, 2.45) is 18.9 Å². The summed E-state index contributed by atoms with van der Waals surface area (Å²) in [5.74, 6) is 2.25. The maximum atomic E-state index is 12.7. The predicted molar refractivity (Wildman–Crippen MR) is 138 cm³/mol. The van der Waals surface area contributed by atoms with Crippen LogP contribution in [0.1, 0.15) is 31.5 Å². The number of rotatable bonds is 7. The predicted octanol–water partition coefficient (Wildman–Crippen LogP) is 4.17. The molecule has 1 fully saturated rings. The number of nitrogens with one attached hydrogen (secondary N) is 1. The number of ether oxygens (including phenoxy) is 1. The molecule has 0 aliphatic carbocycles. The quantitative estimate of drug-likeness (QED) is 0.546. The first kappa shape index (κ1) is 24.1. The molecule has 1 N–H and O–H groups in total. The second kappa shape index (κ2) is 10.1. The average molecular weight is 482 g/mol. The lowest BCUT2D eigenvalue weighted by Crippen LogP contribution is -2.39. The van der Waals surface area contributed by atoms with Gasteiger partial charge < -0.3 is 19.5 Å². The van der Waals surface area contributed by atoms with E-state index in [4.69, 9.17) is 21.3 Å². The third kappa shape index (κ3) is 5.20. The van der Waals surface area contributed by atoms with Gasteiger partial charge in [-0.2, -0.15) is 0 Å². The van der Waals surface area contributed by atoms with E-state index in [1.807, 2.05) is 12.1 Å². The highest BCUT2D eigenvalue weighted by molar-refractivity contribution is 6.31. The van der Waals surface area contributed by atoms with Gasteiger partial charge in [0.15, 0.2) is 5.75 Å². The fraction of sp³-hybridized carbons (Fsp3) is 0.423. The smallest absolute Gasteiger partial charge is 0.293 e. The number of likely N-dealkylation sites (N-methyl/N-ethyl adjacent to an activating group) is 1. The number of aromatic nitrogens is 3. The Hall–Kier alpha value is -3.06. The third-order valence-corrected chi connectivity index (χ3v) is 6.65. The topological polar surface area (TPSA) is 72.3 Å². The summed E-state index contributed by atoms with van der Waals surface area (Å²) < 4.78 is 7.32. The maximum absolute atomic E-state index is 12.7. The van der Waals surface area contributed by atoms with Crippen LogP contribution in [0.15, 0.2) is 47.5 Å². The van der Waals surface area contributed by atoms with Gasteiger partial charge in [-0.3, -0.25) is 4.79 Å². The molecular formula is C26H32ClN5O2. The van der Waals surface area contributed by atoms with E-state index in [0.717, 1.165) is 41.2 Å². The van der Waals surface area contributed by atoms with Gasteiger partial charge in [-0.05, 0) is 42.0 Å². The van der Waals surface area contributed by atoms with Crippen molar-refractivity contribution in [2.45, 2.75) is 26.7 Å². The van der Waals surface area contributed by atoms with Crippen LogP contribution >= 0.6 is 11.6 Å². The van der Waals surface area contributed by atoms with Crippen molar-refractivity contribution in [1.82, 2.24) is 19.9 Å². The van der Waals surface area contributed by atoms with Gasteiger partial charge in [-0.15, -0.1) is 0 Å². The number of nitrogens with zero attached hydrogens (tertiary/aromatic N) is 4. The highest BCUT2D eigenvalue weighted by Crippen LogP contribution is 2.27. The maximum Gasteiger partial charge on any atom is 0.293 e. The number of anilines is 1. The van der Waals surface area contributed by atoms with Gasteiger partial charge in [0, 0.05) is 44.7 Å². The molecule has 1 aliphatic heterocycles. The number of aryl methyl sites for hydroxylation is 1. The highest BCUT2D eigenvalue weighted by Gasteiger charge is 2.24. The molecule has 0 amide bonds. The highest BCUT2D eigenvalue weighted by atomic mass is 35.5. The Balaban J connectivity index is 1.62. The number of halogens is 1. The molecular weight excluding hydrogens is 450 g/mol. The summed E-state index contributed by atoms with van der Waals surface area (Å²) in [5, 5.41) is 4.39. The van der Waals surface area contributed by atoms with E-state index in [1.165, 1.54) is 6.42 Å². The minimum absolute atomic E-state index is 0.183. The van der Waals surface area contributed by atoms with Gasteiger partial charge in [-0.25, -0.2) is 9.97 Å². The second-order valence-corrected chi connectivity index (χ2v) is 9.81. The summed E-state index contributed by atoms with van der Waals surface area (Å²) in [5.41, 5.74) is 3.19. The standard InChI is InChI=1S/C26H32ClN5O2/c1-16-8-17(2)14-32(13-16)26-29-12-21(27)22(30-26)10-19-6-7-23-20(9-19)11-24(25(33)31(23)5)34-15-18(3)28-4/h6-7,9,11-12,16-17,28H,3,8,10,13-15H2,1-2,4-5H3/t16-,17+. The Labute approximate surface area is 205 Å². The van der Waals surface area contributed by atoms with Crippen LogP contribution in [0, 0.1) is 11.8 Å². The Morgan fingerprint density at radius 1 is 1.26 bits per heavy atom. The van der Waals surface area contributed by atoms with Crippen molar-refractivity contribution in [3.63, 3.8) is 0 Å². The van der Waals surface area contributed by atoms with Crippen LogP contribution in [0.4, 0.5) is 5.95 Å². The van der Waals surface area contributed by atoms with Crippen molar-refractivity contribution < 1.29 is 4.74 Å². The largest absolute Gasteiger partial charge is 0.482 e. The summed E-state index contributed by atoms with van der Waals surface area (Å²) in [6.07, 6.45) is 3.50. The lowest BCUT2D eigenvalue weighted by Gasteiger charge is -2.35. The third-order valence-electron chi connectivity index (χ3n) is 6.34. The zero-order chi connectivity index (χ0) is 24.4. The fourth-order valence-corrected chi connectivity index (χ4v) is 4.80. The molecule has 0 bridgehead atoms. The van der Waals surface area contributed by atoms with Crippen LogP contribution in [0.5, 0.6) is 5.75 Å². The van der Waals surface area contributed by atoms with E-state index in [-0.39, 0.29) is 12.2 Å². The van der Waals surface area contributed by atoms with Crippen molar-refractivity contribution >= 4 is 28.5 Å². The SMILES string of the molecule is C=C(COc1cc2cc(Cc3nc(N4C[C@H](C)C[C@H](C)C4)ncc3Cl)ccc2n(C)c1=O)NC. The zero-order valence-corrected chi connectivity index (χ0v) is 21.0. The molecule has 34 heavy (non-hydrogen) atoms. The van der Waals surface area contributed by atoms with Gasteiger partial charge in [0.2, 0.25) is 5.95 Å². The van der Waals surface area contributed by atoms with E-state index < -0.39 is 0 Å². The van der Waals surface area contributed by atoms with Crippen LogP contribution in [-0.4, -0.2) is 41.3 Å². The molecule has 7 nitrogen and oxygen atoms in total. The van der Waals surface area contributed by atoms with Gasteiger partial charge in [0.25, 0.3) is 5.56 Å². The molecule has 1 aromatic carbocycles. The molecule has 2 atom stereocenters. The summed E-state index contributed by atoms with van der Waals surface area (Å²) in [6, 6.07) is 7.80. The van der Waals surface area contributed by atoms with Crippen molar-refractivity contribution in [1.29, 1.82) is 0 Å². The van der Waals surface area contributed by atoms with Gasteiger partial charge in [0.1, 0.15) is 6.61 Å². The molecule has 180 valence electrons. The minimum Gasteiger partial charge on any atom is -0.482 e. The molecule has 3 aromatic rings. The number of hydrogen-bond acceptors (Lipinski definition) is 6. The molecule has 8 heteroatoms. The Morgan fingerprint density at radius 2 is 2.00 bits per heavy atom. The minimum atomic E-state index is -0.183. The van der Waals surface area contributed by atoms with Crippen LogP contribution in [0.2, 0.25) is 5.02 Å². The number of fused-ring (bicyclic) bond motifs is 1. The van der Waals surface area contributed by atoms with E-state index >= 15 is 0 Å². The summed E-state index contributed by atoms with van der Waals surface area (Å²) in [4.78, 5) is 24.3. The first-order valence-electron chi connectivity index (χ1n) is 11.6. The van der Waals surface area contributed by atoms with Gasteiger partial charge in [-0.1, -0.05) is 38.1 Å². The van der Waals surface area contributed by atoms with Crippen molar-refractivity contribution in [2.75, 3.05) is 31.6 Å². The molecule has 0 radical (unpaired) electrons. The lowest BCUT2D eigenvalue weighted by atomic mass is 9.92. The first-order valence-corrected chi connectivity index (χ1v) is 12.0. The molecule has 1 aliphatic rings. The molecule has 0 unspecified atom stereocenters. The van der Waals surface area contributed by atoms with E-state index in [9.17, 15) is 4.79 Å². The molecule has 3 heterocycles. The molecule has 1 saturated heterocycles. The molecule has 4 rings (SSSR count). The fourth-order valence-electron chi connectivity index (χ4n) is 4.64. The monoisotopic (exact) mass is 481 g/mol. The van der Waals surface area contributed by atoms with Gasteiger partial charge >= 0.3 is 0 Å². The Bertz CT molecular complexity index is 1260. The van der Waals surface area contributed by atoms with Crippen molar-refractivity contribution in [3.05, 3.63) is 69.4 Å². The summed E-state index contributed by atoms with van der Waals surface area (Å²) in [6.45, 7) is 10.5. The number of piperidine rings is 1.